The van der Waals surface area contributed by atoms with Gasteiger partial charge in [-0.3, -0.25) is 9.59 Å². The van der Waals surface area contributed by atoms with Gasteiger partial charge in [0.2, 0.25) is 11.8 Å². The average molecular weight is 457 g/mol. The fourth-order valence-electron chi connectivity index (χ4n) is 4.21. The number of thioether (sulfide) groups is 1. The smallest absolute Gasteiger partial charge is 0.243 e. The number of hydrogen-bond acceptors (Lipinski definition) is 3. The molecule has 1 fully saturated rings. The minimum Gasteiger partial charge on any atom is -0.352 e. The van der Waals surface area contributed by atoms with E-state index in [1.807, 2.05) is 32.0 Å². The summed E-state index contributed by atoms with van der Waals surface area (Å²) in [5.41, 5.74) is 3.12. The molecule has 1 atom stereocenters. The van der Waals surface area contributed by atoms with Crippen LogP contribution in [0.1, 0.15) is 55.7 Å². The standard InChI is InChI=1S/C26H33FN2O2S/c1-3-24(26(31)28-23-9-4-5-10-23)29(16-21-8-6-7-19(2)15-21)25(30)18-32-17-20-11-13-22(27)14-12-20/h6-8,11-15,23-24H,3-5,9-10,16-18H2,1-2H3,(H,28,31)/t24-/m0/s1. The van der Waals surface area contributed by atoms with E-state index in [1.165, 1.54) is 23.9 Å². The number of hydrogen-bond donors (Lipinski definition) is 1. The molecule has 0 spiro atoms. The molecule has 0 unspecified atom stereocenters. The molecule has 0 saturated heterocycles. The van der Waals surface area contributed by atoms with Crippen molar-refractivity contribution in [1.82, 2.24) is 10.2 Å². The summed E-state index contributed by atoms with van der Waals surface area (Å²) in [5.74, 6) is 0.528. The Hall–Kier alpha value is -2.34. The van der Waals surface area contributed by atoms with Crippen LogP contribution in [0.25, 0.3) is 0 Å². The van der Waals surface area contributed by atoms with Crippen LogP contribution in [0.3, 0.4) is 0 Å². The molecule has 32 heavy (non-hydrogen) atoms. The summed E-state index contributed by atoms with van der Waals surface area (Å²) in [7, 11) is 0. The first-order valence-corrected chi connectivity index (χ1v) is 12.6. The van der Waals surface area contributed by atoms with Crippen molar-refractivity contribution in [1.29, 1.82) is 0 Å². The summed E-state index contributed by atoms with van der Waals surface area (Å²) >= 11 is 1.49. The van der Waals surface area contributed by atoms with Crippen molar-refractivity contribution in [3.63, 3.8) is 0 Å². The molecule has 0 radical (unpaired) electrons. The Morgan fingerprint density at radius 3 is 2.50 bits per heavy atom. The predicted octanol–water partition coefficient (Wildman–Crippen LogP) is 5.23. The Morgan fingerprint density at radius 2 is 1.84 bits per heavy atom. The lowest BCUT2D eigenvalue weighted by atomic mass is 10.1. The number of nitrogens with zero attached hydrogens (tertiary/aromatic N) is 1. The van der Waals surface area contributed by atoms with Gasteiger partial charge in [0, 0.05) is 18.3 Å². The summed E-state index contributed by atoms with van der Waals surface area (Å²) in [6, 6.07) is 14.1. The summed E-state index contributed by atoms with van der Waals surface area (Å²) < 4.78 is 13.1. The lowest BCUT2D eigenvalue weighted by molar-refractivity contribution is -0.139. The Labute approximate surface area is 195 Å². The fourth-order valence-corrected chi connectivity index (χ4v) is 5.08. The second-order valence-electron chi connectivity index (χ2n) is 8.54. The van der Waals surface area contributed by atoms with Crippen molar-refractivity contribution in [2.24, 2.45) is 0 Å². The highest BCUT2D eigenvalue weighted by atomic mass is 32.2. The highest BCUT2D eigenvalue weighted by Gasteiger charge is 2.30. The molecule has 1 saturated carbocycles. The summed E-state index contributed by atoms with van der Waals surface area (Å²) in [6.45, 7) is 4.40. The van der Waals surface area contributed by atoms with Gasteiger partial charge in [0.15, 0.2) is 0 Å². The number of amides is 2. The maximum atomic E-state index is 13.3. The number of nitrogens with one attached hydrogen (secondary N) is 1. The lowest BCUT2D eigenvalue weighted by Gasteiger charge is -2.31. The molecule has 172 valence electrons. The number of benzene rings is 2. The van der Waals surface area contributed by atoms with Gasteiger partial charge in [-0.1, -0.05) is 61.7 Å². The van der Waals surface area contributed by atoms with Gasteiger partial charge in [0.25, 0.3) is 0 Å². The lowest BCUT2D eigenvalue weighted by Crippen LogP contribution is -2.51. The van der Waals surface area contributed by atoms with E-state index in [0.717, 1.165) is 42.4 Å². The molecule has 2 amide bonds. The van der Waals surface area contributed by atoms with Gasteiger partial charge < -0.3 is 10.2 Å². The van der Waals surface area contributed by atoms with Gasteiger partial charge in [-0.2, -0.15) is 0 Å². The third-order valence-electron chi connectivity index (χ3n) is 5.93. The monoisotopic (exact) mass is 456 g/mol. The van der Waals surface area contributed by atoms with E-state index in [-0.39, 0.29) is 29.4 Å². The second-order valence-corrected chi connectivity index (χ2v) is 9.53. The quantitative estimate of drug-likeness (QED) is 0.532. The van der Waals surface area contributed by atoms with Crippen LogP contribution in [0.2, 0.25) is 0 Å². The number of halogens is 1. The van der Waals surface area contributed by atoms with Gasteiger partial charge in [0.1, 0.15) is 11.9 Å². The van der Waals surface area contributed by atoms with Crippen molar-refractivity contribution in [3.8, 4) is 0 Å². The Bertz CT molecular complexity index is 897. The van der Waals surface area contributed by atoms with E-state index >= 15 is 0 Å². The van der Waals surface area contributed by atoms with Crippen molar-refractivity contribution in [2.75, 3.05) is 5.75 Å². The van der Waals surface area contributed by atoms with Crippen molar-refractivity contribution in [2.45, 2.75) is 70.3 Å². The predicted molar refractivity (Wildman–Crippen MR) is 129 cm³/mol. The van der Waals surface area contributed by atoms with Gasteiger partial charge in [-0.25, -0.2) is 4.39 Å². The Kier molecular flexibility index (Phi) is 9.15. The molecule has 2 aromatic rings. The minimum absolute atomic E-state index is 0.0490. The molecule has 1 aliphatic rings. The third kappa shape index (κ3) is 7.09. The molecule has 0 aromatic heterocycles. The third-order valence-corrected chi connectivity index (χ3v) is 6.92. The maximum absolute atomic E-state index is 13.3. The van der Waals surface area contributed by atoms with E-state index in [0.29, 0.717) is 18.7 Å². The first-order chi connectivity index (χ1) is 15.5. The summed E-state index contributed by atoms with van der Waals surface area (Å²) in [6.07, 6.45) is 4.89. The first kappa shape index (κ1) is 24.3. The number of carbonyl (C=O) groups is 2. The van der Waals surface area contributed by atoms with E-state index in [2.05, 4.69) is 11.4 Å². The van der Waals surface area contributed by atoms with E-state index < -0.39 is 6.04 Å². The summed E-state index contributed by atoms with van der Waals surface area (Å²) in [5, 5.41) is 3.17. The van der Waals surface area contributed by atoms with Gasteiger partial charge in [-0.05, 0) is 49.4 Å². The van der Waals surface area contributed by atoms with Crippen LogP contribution in [-0.2, 0) is 21.9 Å². The van der Waals surface area contributed by atoms with Crippen LogP contribution in [0.4, 0.5) is 4.39 Å². The molecule has 1 aliphatic carbocycles. The second kappa shape index (κ2) is 12.0. The molecule has 4 nitrogen and oxygen atoms in total. The molecule has 6 heteroatoms. The number of aryl methyl sites for hydroxylation is 1. The van der Waals surface area contributed by atoms with Gasteiger partial charge in [-0.15, -0.1) is 11.8 Å². The highest BCUT2D eigenvalue weighted by molar-refractivity contribution is 7.99. The van der Waals surface area contributed by atoms with Crippen LogP contribution in [0.15, 0.2) is 48.5 Å². The molecule has 2 aromatic carbocycles. The van der Waals surface area contributed by atoms with Crippen LogP contribution in [-0.4, -0.2) is 34.6 Å². The van der Waals surface area contributed by atoms with Gasteiger partial charge >= 0.3 is 0 Å². The van der Waals surface area contributed by atoms with Crippen LogP contribution in [0, 0.1) is 12.7 Å². The number of carbonyl (C=O) groups excluding carboxylic acids is 2. The Morgan fingerprint density at radius 1 is 1.12 bits per heavy atom. The van der Waals surface area contributed by atoms with Crippen molar-refractivity contribution >= 4 is 23.6 Å². The van der Waals surface area contributed by atoms with E-state index in [1.54, 1.807) is 17.0 Å². The fraction of sp³-hybridized carbons (Fsp3) is 0.462. The molecular weight excluding hydrogens is 423 g/mol. The number of rotatable bonds is 10. The maximum Gasteiger partial charge on any atom is 0.243 e. The molecule has 3 rings (SSSR count). The first-order valence-electron chi connectivity index (χ1n) is 11.4. The zero-order valence-electron chi connectivity index (χ0n) is 19.0. The highest BCUT2D eigenvalue weighted by Crippen LogP contribution is 2.21. The van der Waals surface area contributed by atoms with Gasteiger partial charge in [0.05, 0.1) is 5.75 Å². The molecule has 0 bridgehead atoms. The minimum atomic E-state index is -0.491. The zero-order valence-corrected chi connectivity index (χ0v) is 19.8. The van der Waals surface area contributed by atoms with Crippen LogP contribution in [0.5, 0.6) is 0 Å². The van der Waals surface area contributed by atoms with Crippen molar-refractivity contribution < 1.29 is 14.0 Å². The molecular formula is C26H33FN2O2S. The summed E-state index contributed by atoms with van der Waals surface area (Å²) in [4.78, 5) is 28.1. The van der Waals surface area contributed by atoms with Crippen LogP contribution >= 0.6 is 11.8 Å². The van der Waals surface area contributed by atoms with E-state index in [4.69, 9.17) is 0 Å². The largest absolute Gasteiger partial charge is 0.352 e. The topological polar surface area (TPSA) is 49.4 Å². The normalized spacial score (nSPS) is 14.8. The average Bonchev–Trinajstić information content (AvgIpc) is 3.28. The van der Waals surface area contributed by atoms with Crippen molar-refractivity contribution in [3.05, 3.63) is 71.0 Å². The molecule has 0 heterocycles. The Balaban J connectivity index is 1.69. The molecule has 1 N–H and O–H groups in total. The zero-order chi connectivity index (χ0) is 22.9. The molecule has 0 aliphatic heterocycles. The van der Waals surface area contributed by atoms with Crippen LogP contribution < -0.4 is 5.32 Å². The van der Waals surface area contributed by atoms with E-state index in [9.17, 15) is 14.0 Å². The SMILES string of the molecule is CC[C@@H](C(=O)NC1CCCC1)N(Cc1cccc(C)c1)C(=O)CSCc1ccc(F)cc1.